The number of halogens is 1. The molecule has 6 nitrogen and oxygen atoms in total. The molecule has 0 fully saturated rings. The molecular formula is C19H18ClN3O3. The lowest BCUT2D eigenvalue weighted by molar-refractivity contribution is -0.127. The molecule has 3 aromatic rings. The highest BCUT2D eigenvalue weighted by atomic mass is 35.5. The molecule has 0 aliphatic heterocycles. The first-order valence-corrected chi connectivity index (χ1v) is 8.53. The fraction of sp³-hybridized carbons (Fsp3) is 0.211. The van der Waals surface area contributed by atoms with Crippen molar-refractivity contribution in [3.05, 3.63) is 76.9 Å². The second-order valence-corrected chi connectivity index (χ2v) is 6.14. The molecule has 1 aromatic heterocycles. The molecule has 1 N–H and O–H groups in total. The summed E-state index contributed by atoms with van der Waals surface area (Å²) in [5.41, 5.74) is 1.08. The minimum Gasteiger partial charge on any atom is -0.481 e. The highest BCUT2D eigenvalue weighted by Gasteiger charge is 2.16. The summed E-state index contributed by atoms with van der Waals surface area (Å²) in [5, 5.41) is 7.16. The minimum absolute atomic E-state index is 0.167. The smallest absolute Gasteiger partial charge is 0.261 e. The van der Waals surface area contributed by atoms with E-state index in [-0.39, 0.29) is 12.5 Å². The lowest BCUT2D eigenvalue weighted by Crippen LogP contribution is -2.36. The largest absolute Gasteiger partial charge is 0.481 e. The van der Waals surface area contributed by atoms with Gasteiger partial charge < -0.3 is 14.6 Å². The number of carbonyl (C=O) groups excluding carboxylic acids is 1. The van der Waals surface area contributed by atoms with Crippen molar-refractivity contribution in [2.24, 2.45) is 0 Å². The molecule has 0 aliphatic carbocycles. The van der Waals surface area contributed by atoms with Gasteiger partial charge in [-0.3, -0.25) is 4.79 Å². The molecule has 0 aliphatic rings. The summed E-state index contributed by atoms with van der Waals surface area (Å²) in [6.45, 7) is 1.83. The van der Waals surface area contributed by atoms with E-state index < -0.39 is 6.10 Å². The van der Waals surface area contributed by atoms with Crippen LogP contribution in [0.15, 0.2) is 59.1 Å². The van der Waals surface area contributed by atoms with Crippen LogP contribution in [0.4, 0.5) is 0 Å². The number of rotatable bonds is 7. The fourth-order valence-electron chi connectivity index (χ4n) is 2.31. The number of benzene rings is 2. The Bertz CT molecular complexity index is 867. The van der Waals surface area contributed by atoms with Crippen molar-refractivity contribution in [1.29, 1.82) is 0 Å². The lowest BCUT2D eigenvalue weighted by atomic mass is 10.1. The highest BCUT2D eigenvalue weighted by Crippen LogP contribution is 2.18. The quantitative estimate of drug-likeness (QED) is 0.688. The molecule has 1 heterocycles. The van der Waals surface area contributed by atoms with Crippen molar-refractivity contribution in [3.63, 3.8) is 0 Å². The zero-order valence-corrected chi connectivity index (χ0v) is 14.9. The third-order valence-corrected chi connectivity index (χ3v) is 3.84. The van der Waals surface area contributed by atoms with E-state index >= 15 is 0 Å². The number of ether oxygens (including phenoxy) is 1. The van der Waals surface area contributed by atoms with Gasteiger partial charge in [0.05, 0.1) is 13.0 Å². The fourth-order valence-corrected chi connectivity index (χ4v) is 2.49. The van der Waals surface area contributed by atoms with Crippen LogP contribution in [0.2, 0.25) is 5.02 Å². The maximum absolute atomic E-state index is 12.1. The number of amides is 1. The number of hydrogen-bond acceptors (Lipinski definition) is 5. The molecular weight excluding hydrogens is 354 g/mol. The van der Waals surface area contributed by atoms with E-state index in [4.69, 9.17) is 20.9 Å². The molecule has 3 rings (SSSR count). The third-order valence-electron chi connectivity index (χ3n) is 3.61. The Morgan fingerprint density at radius 1 is 1.23 bits per heavy atom. The van der Waals surface area contributed by atoms with Gasteiger partial charge in [0.2, 0.25) is 5.89 Å². The summed E-state index contributed by atoms with van der Waals surface area (Å²) in [4.78, 5) is 16.4. The highest BCUT2D eigenvalue weighted by molar-refractivity contribution is 6.30. The van der Waals surface area contributed by atoms with Crippen LogP contribution in [-0.2, 0) is 17.8 Å². The average Bonchev–Trinajstić information content (AvgIpc) is 3.08. The summed E-state index contributed by atoms with van der Waals surface area (Å²) in [5.74, 6) is 1.17. The van der Waals surface area contributed by atoms with Gasteiger partial charge in [-0.15, -0.1) is 0 Å². The van der Waals surface area contributed by atoms with Gasteiger partial charge in [0, 0.05) is 5.02 Å². The van der Waals surface area contributed by atoms with Gasteiger partial charge in [0.25, 0.3) is 5.91 Å². The van der Waals surface area contributed by atoms with Crippen LogP contribution in [0.25, 0.3) is 0 Å². The summed E-state index contributed by atoms with van der Waals surface area (Å²) in [6.07, 6.45) is -0.125. The van der Waals surface area contributed by atoms with Gasteiger partial charge in [-0.05, 0) is 30.7 Å². The third kappa shape index (κ3) is 5.07. The molecule has 1 atom stereocenters. The molecule has 134 valence electrons. The summed E-state index contributed by atoms with van der Waals surface area (Å²) in [7, 11) is 0. The standard InChI is InChI=1S/C19H18ClN3O3/c1-13(25-16-9-5-8-15(20)11-16)19(24)21-12-17-22-18(26-23-17)10-14-6-3-2-4-7-14/h2-9,11,13H,10,12H2,1H3,(H,21,24)/t13-/m0/s1. The maximum atomic E-state index is 12.1. The molecule has 0 saturated heterocycles. The van der Waals surface area contributed by atoms with Crippen molar-refractivity contribution in [2.75, 3.05) is 0 Å². The van der Waals surface area contributed by atoms with E-state index in [0.717, 1.165) is 5.56 Å². The second kappa shape index (κ2) is 8.49. The van der Waals surface area contributed by atoms with Crippen LogP contribution in [-0.4, -0.2) is 22.2 Å². The predicted molar refractivity (Wildman–Crippen MR) is 96.9 cm³/mol. The first kappa shape index (κ1) is 17.9. The Balaban J connectivity index is 1.50. The molecule has 0 bridgehead atoms. The van der Waals surface area contributed by atoms with Gasteiger partial charge >= 0.3 is 0 Å². The zero-order chi connectivity index (χ0) is 18.4. The van der Waals surface area contributed by atoms with Crippen LogP contribution in [0.1, 0.15) is 24.2 Å². The SMILES string of the molecule is C[C@H](Oc1cccc(Cl)c1)C(=O)NCc1noc(Cc2ccccc2)n1. The molecule has 0 radical (unpaired) electrons. The van der Waals surface area contributed by atoms with Crippen LogP contribution in [0.3, 0.4) is 0 Å². The summed E-state index contributed by atoms with van der Waals surface area (Å²) in [6, 6.07) is 16.7. The topological polar surface area (TPSA) is 77.2 Å². The van der Waals surface area contributed by atoms with Crippen molar-refractivity contribution in [3.8, 4) is 5.75 Å². The van der Waals surface area contributed by atoms with E-state index in [9.17, 15) is 4.79 Å². The van der Waals surface area contributed by atoms with Gasteiger partial charge in [-0.25, -0.2) is 0 Å². The van der Waals surface area contributed by atoms with Crippen LogP contribution in [0.5, 0.6) is 5.75 Å². The van der Waals surface area contributed by atoms with Gasteiger partial charge in [0.15, 0.2) is 11.9 Å². The zero-order valence-electron chi connectivity index (χ0n) is 14.2. The van der Waals surface area contributed by atoms with Gasteiger partial charge in [0.1, 0.15) is 5.75 Å². The molecule has 0 saturated carbocycles. The summed E-state index contributed by atoms with van der Waals surface area (Å²) < 4.78 is 10.8. The first-order valence-electron chi connectivity index (χ1n) is 8.15. The normalized spacial score (nSPS) is 11.8. The monoisotopic (exact) mass is 371 g/mol. The van der Waals surface area contributed by atoms with Crippen molar-refractivity contribution < 1.29 is 14.1 Å². The van der Waals surface area contributed by atoms with Crippen molar-refractivity contribution >= 4 is 17.5 Å². The second-order valence-electron chi connectivity index (χ2n) is 5.70. The number of aromatic nitrogens is 2. The number of nitrogens with one attached hydrogen (secondary N) is 1. The van der Waals surface area contributed by atoms with E-state index in [1.807, 2.05) is 30.3 Å². The van der Waals surface area contributed by atoms with Crippen LogP contribution >= 0.6 is 11.6 Å². The molecule has 26 heavy (non-hydrogen) atoms. The molecule has 0 spiro atoms. The minimum atomic E-state index is -0.677. The van der Waals surface area contributed by atoms with Crippen LogP contribution in [0, 0.1) is 0 Å². The van der Waals surface area contributed by atoms with Crippen molar-refractivity contribution in [1.82, 2.24) is 15.5 Å². The lowest BCUT2D eigenvalue weighted by Gasteiger charge is -2.14. The van der Waals surface area contributed by atoms with Gasteiger partial charge in [-0.1, -0.05) is 53.2 Å². The number of carbonyl (C=O) groups is 1. The first-order chi connectivity index (χ1) is 12.6. The predicted octanol–water partition coefficient (Wildman–Crippen LogP) is 3.40. The Kier molecular flexibility index (Phi) is 5.86. The van der Waals surface area contributed by atoms with E-state index in [1.54, 1.807) is 31.2 Å². The van der Waals surface area contributed by atoms with E-state index in [1.165, 1.54) is 0 Å². The Morgan fingerprint density at radius 3 is 2.81 bits per heavy atom. The molecule has 0 unspecified atom stereocenters. The Morgan fingerprint density at radius 2 is 2.04 bits per heavy atom. The number of hydrogen-bond donors (Lipinski definition) is 1. The Labute approximate surface area is 156 Å². The average molecular weight is 372 g/mol. The molecule has 1 amide bonds. The number of nitrogens with zero attached hydrogens (tertiary/aromatic N) is 2. The van der Waals surface area contributed by atoms with Crippen molar-refractivity contribution in [2.45, 2.75) is 26.0 Å². The molecule has 2 aromatic carbocycles. The summed E-state index contributed by atoms with van der Waals surface area (Å²) >= 11 is 5.90. The van der Waals surface area contributed by atoms with Crippen LogP contribution < -0.4 is 10.1 Å². The molecule has 7 heteroatoms. The Hall–Kier alpha value is -2.86. The maximum Gasteiger partial charge on any atom is 0.261 e. The van der Waals surface area contributed by atoms with E-state index in [2.05, 4.69) is 15.5 Å². The van der Waals surface area contributed by atoms with Gasteiger partial charge in [-0.2, -0.15) is 4.98 Å². The van der Waals surface area contributed by atoms with E-state index in [0.29, 0.717) is 28.9 Å².